The van der Waals surface area contributed by atoms with Crippen molar-refractivity contribution in [2.45, 2.75) is 13.3 Å². The molecule has 1 amide bonds. The summed E-state index contributed by atoms with van der Waals surface area (Å²) in [5.41, 5.74) is 1.23. The minimum Gasteiger partial charge on any atom is -0.407 e. The van der Waals surface area contributed by atoms with E-state index in [9.17, 15) is 9.59 Å². The monoisotopic (exact) mass is 278 g/mol. The van der Waals surface area contributed by atoms with Gasteiger partial charge in [0.15, 0.2) is 5.58 Å². The van der Waals surface area contributed by atoms with Crippen LogP contribution in [0, 0.1) is 5.92 Å². The fraction of sp³-hybridized carbons (Fsp3) is 0.429. The van der Waals surface area contributed by atoms with E-state index < -0.39 is 5.76 Å². The topological polar surface area (TPSA) is 84.5 Å². The van der Waals surface area contributed by atoms with Gasteiger partial charge in [-0.2, -0.15) is 0 Å². The van der Waals surface area contributed by atoms with Crippen molar-refractivity contribution in [3.05, 3.63) is 34.3 Å². The van der Waals surface area contributed by atoms with E-state index in [4.69, 9.17) is 9.52 Å². The highest BCUT2D eigenvalue weighted by Crippen LogP contribution is 2.17. The van der Waals surface area contributed by atoms with Crippen LogP contribution in [0.2, 0.25) is 0 Å². The second-order valence-corrected chi connectivity index (χ2v) is 4.91. The Kier molecular flexibility index (Phi) is 4.24. The molecular formula is C14H18N2O4. The zero-order valence-electron chi connectivity index (χ0n) is 11.5. The number of hydrogen-bond donors (Lipinski definition) is 2. The minimum atomic E-state index is -0.492. The lowest BCUT2D eigenvalue weighted by Gasteiger charge is -2.11. The molecule has 2 N–H and O–H groups in total. The number of amides is 1. The largest absolute Gasteiger partial charge is 0.419 e. The van der Waals surface area contributed by atoms with Crippen LogP contribution < -0.4 is 11.1 Å². The van der Waals surface area contributed by atoms with Crippen LogP contribution in [0.25, 0.3) is 11.1 Å². The van der Waals surface area contributed by atoms with Crippen molar-refractivity contribution in [3.8, 4) is 0 Å². The van der Waals surface area contributed by atoms with E-state index in [0.29, 0.717) is 29.6 Å². The van der Waals surface area contributed by atoms with Gasteiger partial charge in [0, 0.05) is 20.2 Å². The summed E-state index contributed by atoms with van der Waals surface area (Å²) in [6.45, 7) is 2.51. The van der Waals surface area contributed by atoms with Gasteiger partial charge in [-0.15, -0.1) is 0 Å². The summed E-state index contributed by atoms with van der Waals surface area (Å²) < 4.78 is 6.47. The molecule has 2 aromatic rings. The maximum atomic E-state index is 12.1. The van der Waals surface area contributed by atoms with Gasteiger partial charge in [0.05, 0.1) is 11.1 Å². The van der Waals surface area contributed by atoms with Gasteiger partial charge in [-0.25, -0.2) is 4.79 Å². The number of nitrogens with one attached hydrogen (secondary N) is 1. The number of rotatable bonds is 5. The third-order valence-corrected chi connectivity index (χ3v) is 3.30. The average Bonchev–Trinajstić information content (AvgIpc) is 2.72. The van der Waals surface area contributed by atoms with Crippen molar-refractivity contribution in [1.82, 2.24) is 9.88 Å². The summed E-state index contributed by atoms with van der Waals surface area (Å²) >= 11 is 0. The van der Waals surface area contributed by atoms with Crippen LogP contribution in [0.15, 0.2) is 27.4 Å². The van der Waals surface area contributed by atoms with E-state index in [1.807, 2.05) is 6.92 Å². The first-order valence-corrected chi connectivity index (χ1v) is 6.52. The molecule has 1 aromatic heterocycles. The number of aromatic nitrogens is 1. The van der Waals surface area contributed by atoms with Gasteiger partial charge < -0.3 is 14.8 Å². The van der Waals surface area contributed by atoms with Crippen molar-refractivity contribution >= 4 is 17.0 Å². The third-order valence-electron chi connectivity index (χ3n) is 3.30. The molecule has 1 atom stereocenters. The van der Waals surface area contributed by atoms with E-state index in [-0.39, 0.29) is 18.4 Å². The Balaban J connectivity index is 2.22. The van der Waals surface area contributed by atoms with Crippen LogP contribution in [0.4, 0.5) is 0 Å². The van der Waals surface area contributed by atoms with Gasteiger partial charge in [-0.05, 0) is 24.5 Å². The van der Waals surface area contributed by atoms with Crippen molar-refractivity contribution in [3.63, 3.8) is 0 Å². The summed E-state index contributed by atoms with van der Waals surface area (Å²) in [5, 5.41) is 11.6. The number of aryl methyl sites for hydroxylation is 1. The number of oxazole rings is 1. The predicted molar refractivity (Wildman–Crippen MR) is 74.7 cm³/mol. The average molecular weight is 278 g/mol. The van der Waals surface area contributed by atoms with Gasteiger partial charge in [0.2, 0.25) is 0 Å². The number of hydrogen-bond acceptors (Lipinski definition) is 4. The molecule has 20 heavy (non-hydrogen) atoms. The van der Waals surface area contributed by atoms with Crippen molar-refractivity contribution in [2.24, 2.45) is 13.0 Å². The highest BCUT2D eigenvalue weighted by molar-refractivity contribution is 6.04. The first-order chi connectivity index (χ1) is 9.54. The summed E-state index contributed by atoms with van der Waals surface area (Å²) in [4.78, 5) is 23.6. The van der Waals surface area contributed by atoms with Crippen LogP contribution >= 0.6 is 0 Å². The van der Waals surface area contributed by atoms with Crippen LogP contribution in [0.1, 0.15) is 23.7 Å². The molecule has 1 unspecified atom stereocenters. The standard InChI is InChI=1S/C14H18N2O4/c1-9(6-7-17)8-15-13(18)10-4-3-5-11-12(10)20-14(19)16(11)2/h3-5,9,17H,6-8H2,1-2H3,(H,15,18). The quantitative estimate of drug-likeness (QED) is 0.850. The smallest absolute Gasteiger partial charge is 0.407 e. The molecular weight excluding hydrogens is 260 g/mol. The fourth-order valence-corrected chi connectivity index (χ4v) is 2.01. The lowest BCUT2D eigenvalue weighted by atomic mass is 10.1. The maximum Gasteiger partial charge on any atom is 0.419 e. The Morgan fingerprint density at radius 3 is 2.95 bits per heavy atom. The van der Waals surface area contributed by atoms with Gasteiger partial charge in [-0.3, -0.25) is 9.36 Å². The molecule has 0 saturated carbocycles. The molecule has 1 aromatic carbocycles. The molecule has 0 aliphatic rings. The molecule has 0 radical (unpaired) electrons. The Labute approximate surface area is 116 Å². The number of nitrogens with zero attached hydrogens (tertiary/aromatic N) is 1. The van der Waals surface area contributed by atoms with Gasteiger partial charge in [0.1, 0.15) is 0 Å². The molecule has 0 aliphatic heterocycles. The second-order valence-electron chi connectivity index (χ2n) is 4.91. The van der Waals surface area contributed by atoms with Crippen LogP contribution in [-0.4, -0.2) is 28.7 Å². The maximum absolute atomic E-state index is 12.1. The van der Waals surface area contributed by atoms with Crippen LogP contribution in [-0.2, 0) is 7.05 Å². The highest BCUT2D eigenvalue weighted by atomic mass is 16.4. The normalized spacial score (nSPS) is 12.6. The molecule has 0 aliphatic carbocycles. The van der Waals surface area contributed by atoms with Crippen LogP contribution in [0.5, 0.6) is 0 Å². The Morgan fingerprint density at radius 2 is 2.25 bits per heavy atom. The van der Waals surface area contributed by atoms with E-state index in [2.05, 4.69) is 5.32 Å². The molecule has 6 nitrogen and oxygen atoms in total. The highest BCUT2D eigenvalue weighted by Gasteiger charge is 2.16. The summed E-state index contributed by atoms with van der Waals surface area (Å²) in [5.74, 6) is -0.588. The van der Waals surface area contributed by atoms with E-state index >= 15 is 0 Å². The molecule has 0 spiro atoms. The van der Waals surface area contributed by atoms with Crippen molar-refractivity contribution in [2.75, 3.05) is 13.2 Å². The number of para-hydroxylation sites is 1. The fourth-order valence-electron chi connectivity index (χ4n) is 2.01. The van der Waals surface area contributed by atoms with E-state index in [0.717, 1.165) is 0 Å². The van der Waals surface area contributed by atoms with Crippen molar-refractivity contribution < 1.29 is 14.3 Å². The molecule has 1 heterocycles. The van der Waals surface area contributed by atoms with Crippen molar-refractivity contribution in [1.29, 1.82) is 0 Å². The molecule has 6 heteroatoms. The molecule has 0 saturated heterocycles. The number of aliphatic hydroxyl groups excluding tert-OH is 1. The minimum absolute atomic E-state index is 0.0974. The van der Waals surface area contributed by atoms with Gasteiger partial charge in [-0.1, -0.05) is 13.0 Å². The number of aliphatic hydroxyl groups is 1. The second kappa shape index (κ2) is 5.92. The zero-order chi connectivity index (χ0) is 14.7. The lowest BCUT2D eigenvalue weighted by molar-refractivity contribution is 0.0946. The summed E-state index contributed by atoms with van der Waals surface area (Å²) in [7, 11) is 1.60. The number of fused-ring (bicyclic) bond motifs is 1. The number of benzene rings is 1. The molecule has 108 valence electrons. The van der Waals surface area contributed by atoms with Gasteiger partial charge in [0.25, 0.3) is 5.91 Å². The first kappa shape index (κ1) is 14.3. The molecule has 0 fully saturated rings. The van der Waals surface area contributed by atoms with E-state index in [1.54, 1.807) is 25.2 Å². The van der Waals surface area contributed by atoms with Gasteiger partial charge >= 0.3 is 5.76 Å². The Hall–Kier alpha value is -2.08. The lowest BCUT2D eigenvalue weighted by Crippen LogP contribution is -2.28. The Morgan fingerprint density at radius 1 is 1.50 bits per heavy atom. The summed E-state index contributed by atoms with van der Waals surface area (Å²) in [6.07, 6.45) is 0.630. The molecule has 2 rings (SSSR count). The Bertz CT molecular complexity index is 671. The third kappa shape index (κ3) is 2.75. The number of carbonyl (C=O) groups excluding carboxylic acids is 1. The predicted octanol–water partition coefficient (Wildman–Crippen LogP) is 0.880. The summed E-state index contributed by atoms with van der Waals surface area (Å²) in [6, 6.07) is 5.06. The zero-order valence-corrected chi connectivity index (χ0v) is 11.5. The number of carbonyl (C=O) groups is 1. The van der Waals surface area contributed by atoms with Crippen LogP contribution in [0.3, 0.4) is 0 Å². The van der Waals surface area contributed by atoms with E-state index in [1.165, 1.54) is 4.57 Å². The SMILES string of the molecule is CC(CCO)CNC(=O)c1cccc2c1oc(=O)n2C. The molecule has 0 bridgehead atoms. The first-order valence-electron chi connectivity index (χ1n) is 6.52.